The first kappa shape index (κ1) is 13.6. The summed E-state index contributed by atoms with van der Waals surface area (Å²) in [4.78, 5) is 8.58. The van der Waals surface area contributed by atoms with Crippen molar-refractivity contribution in [2.45, 2.75) is 19.3 Å². The van der Waals surface area contributed by atoms with E-state index in [9.17, 15) is 0 Å². The quantitative estimate of drug-likeness (QED) is 0.733. The molecule has 0 amide bonds. The number of hydrogen-bond donors (Lipinski definition) is 2. The molecule has 3 aromatic heterocycles. The van der Waals surface area contributed by atoms with Gasteiger partial charge in [-0.05, 0) is 43.0 Å². The van der Waals surface area contributed by atoms with Gasteiger partial charge in [0.15, 0.2) is 5.82 Å². The maximum atomic E-state index is 5.90. The molecule has 1 aliphatic rings. The maximum Gasteiger partial charge on any atom is 0.244 e. The number of aromatic nitrogens is 6. The minimum Gasteiger partial charge on any atom is -0.368 e. The molecule has 23 heavy (non-hydrogen) atoms. The molecule has 8 heteroatoms. The highest BCUT2D eigenvalue weighted by molar-refractivity contribution is 5.66. The van der Waals surface area contributed by atoms with E-state index in [4.69, 9.17) is 5.73 Å². The fourth-order valence-electron chi connectivity index (χ4n) is 2.84. The topological polar surface area (TPSA) is 107 Å². The molecule has 0 spiro atoms. The van der Waals surface area contributed by atoms with Crippen molar-refractivity contribution in [2.75, 3.05) is 18.1 Å². The molecule has 0 fully saturated rings. The molecule has 8 nitrogen and oxygen atoms in total. The van der Waals surface area contributed by atoms with Gasteiger partial charge in [-0.2, -0.15) is 9.67 Å². The third kappa shape index (κ3) is 2.28. The summed E-state index contributed by atoms with van der Waals surface area (Å²) in [5.41, 5.74) is 10.1. The Morgan fingerprint density at radius 2 is 2.17 bits per heavy atom. The summed E-state index contributed by atoms with van der Waals surface area (Å²) in [6.45, 7) is 0. The molecular weight excluding hydrogens is 292 g/mol. The van der Waals surface area contributed by atoms with Crippen LogP contribution in [0.3, 0.4) is 0 Å². The largest absolute Gasteiger partial charge is 0.368 e. The van der Waals surface area contributed by atoms with E-state index in [1.807, 2.05) is 24.4 Å². The highest BCUT2D eigenvalue weighted by atomic mass is 15.4. The zero-order chi connectivity index (χ0) is 15.8. The number of nitrogen functional groups attached to an aromatic ring is 1. The first-order valence-corrected chi connectivity index (χ1v) is 7.48. The number of pyridine rings is 1. The van der Waals surface area contributed by atoms with Crippen molar-refractivity contribution in [1.82, 2.24) is 29.9 Å². The van der Waals surface area contributed by atoms with Crippen LogP contribution in [0.25, 0.3) is 17.1 Å². The summed E-state index contributed by atoms with van der Waals surface area (Å²) in [5.74, 6) is 1.30. The lowest BCUT2D eigenvalue weighted by Crippen LogP contribution is -2.08. The zero-order valence-corrected chi connectivity index (χ0v) is 12.7. The molecule has 0 aromatic carbocycles. The summed E-state index contributed by atoms with van der Waals surface area (Å²) in [6.07, 6.45) is 4.71. The summed E-state index contributed by atoms with van der Waals surface area (Å²) in [6, 6.07) is 5.96. The third-order valence-corrected chi connectivity index (χ3v) is 3.94. The molecule has 0 aliphatic heterocycles. The van der Waals surface area contributed by atoms with Crippen molar-refractivity contribution in [3.8, 4) is 17.1 Å². The third-order valence-electron chi connectivity index (χ3n) is 3.94. The number of hydrogen-bond acceptors (Lipinski definition) is 7. The van der Waals surface area contributed by atoms with Crippen LogP contribution in [0.5, 0.6) is 0 Å². The lowest BCUT2D eigenvalue weighted by atomic mass is 10.1. The highest BCUT2D eigenvalue weighted by Crippen LogP contribution is 2.30. The number of anilines is 2. The Balaban J connectivity index is 1.83. The molecule has 4 rings (SSSR count). The van der Waals surface area contributed by atoms with E-state index >= 15 is 0 Å². The van der Waals surface area contributed by atoms with Crippen LogP contribution in [-0.2, 0) is 12.8 Å². The Morgan fingerprint density at radius 3 is 3.00 bits per heavy atom. The van der Waals surface area contributed by atoms with E-state index in [0.29, 0.717) is 11.8 Å². The van der Waals surface area contributed by atoms with Crippen LogP contribution in [0.1, 0.15) is 17.7 Å². The number of nitrogens with one attached hydrogen (secondary N) is 1. The molecule has 0 saturated heterocycles. The highest BCUT2D eigenvalue weighted by Gasteiger charge is 2.19. The molecule has 0 atom stereocenters. The second-order valence-electron chi connectivity index (χ2n) is 5.38. The molecule has 0 saturated carbocycles. The average Bonchev–Trinajstić information content (AvgIpc) is 2.86. The van der Waals surface area contributed by atoms with E-state index < -0.39 is 0 Å². The van der Waals surface area contributed by atoms with Crippen molar-refractivity contribution in [3.05, 3.63) is 35.7 Å². The van der Waals surface area contributed by atoms with E-state index in [2.05, 4.69) is 30.6 Å². The number of nitrogens with two attached hydrogens (primary N) is 1. The van der Waals surface area contributed by atoms with Crippen LogP contribution in [0, 0.1) is 0 Å². The summed E-state index contributed by atoms with van der Waals surface area (Å²) in [5, 5.41) is 15.8. The normalized spacial score (nSPS) is 13.1. The zero-order valence-electron chi connectivity index (χ0n) is 12.7. The van der Waals surface area contributed by atoms with Gasteiger partial charge in [0.25, 0.3) is 0 Å². The van der Waals surface area contributed by atoms with Crippen molar-refractivity contribution in [2.24, 2.45) is 0 Å². The second kappa shape index (κ2) is 5.31. The fraction of sp³-hybridized carbons (Fsp3) is 0.267. The predicted molar refractivity (Wildman–Crippen MR) is 86.2 cm³/mol. The molecule has 0 bridgehead atoms. The van der Waals surface area contributed by atoms with Crippen LogP contribution >= 0.6 is 0 Å². The fourth-order valence-corrected chi connectivity index (χ4v) is 2.84. The van der Waals surface area contributed by atoms with Crippen molar-refractivity contribution in [3.63, 3.8) is 0 Å². The number of rotatable bonds is 2. The lowest BCUT2D eigenvalue weighted by Gasteiger charge is -2.08. The van der Waals surface area contributed by atoms with Gasteiger partial charge in [-0.3, -0.25) is 4.98 Å². The van der Waals surface area contributed by atoms with Crippen LogP contribution in [0.4, 0.5) is 11.9 Å². The van der Waals surface area contributed by atoms with Gasteiger partial charge in [-0.15, -0.1) is 15.3 Å². The van der Waals surface area contributed by atoms with Gasteiger partial charge in [0.05, 0.1) is 5.69 Å². The number of aryl methyl sites for hydroxylation is 2. The molecule has 3 aromatic rings. The molecule has 1 aliphatic carbocycles. The van der Waals surface area contributed by atoms with Gasteiger partial charge in [0.1, 0.15) is 0 Å². The van der Waals surface area contributed by atoms with Crippen molar-refractivity contribution >= 4 is 11.9 Å². The number of fused-ring (bicyclic) bond motifs is 3. The van der Waals surface area contributed by atoms with Gasteiger partial charge < -0.3 is 11.1 Å². The molecule has 3 N–H and O–H groups in total. The van der Waals surface area contributed by atoms with Gasteiger partial charge in [-0.25, -0.2) is 0 Å². The van der Waals surface area contributed by atoms with E-state index in [0.717, 1.165) is 41.8 Å². The summed E-state index contributed by atoms with van der Waals surface area (Å²) < 4.78 is 1.49. The first-order valence-electron chi connectivity index (χ1n) is 7.48. The molecule has 3 heterocycles. The van der Waals surface area contributed by atoms with Crippen LogP contribution in [0.15, 0.2) is 24.4 Å². The lowest BCUT2D eigenvalue weighted by molar-refractivity contribution is 0.794. The standard InChI is InChI=1S/C15H16N8/c1-17-15-19-14(16)23(22-15)12-8-9-4-2-6-11-10(5-3-7-18-11)13(9)21-20-12/h3,5,7-8H,2,4,6H2,1H3,(H3,16,17,19,22). The van der Waals surface area contributed by atoms with Gasteiger partial charge in [0, 0.05) is 24.5 Å². The summed E-state index contributed by atoms with van der Waals surface area (Å²) in [7, 11) is 1.74. The van der Waals surface area contributed by atoms with Crippen LogP contribution in [-0.4, -0.2) is 37.0 Å². The van der Waals surface area contributed by atoms with Crippen molar-refractivity contribution < 1.29 is 0 Å². The average molecular weight is 308 g/mol. The first-order chi connectivity index (χ1) is 11.3. The number of nitrogens with zero attached hydrogens (tertiary/aromatic N) is 6. The van der Waals surface area contributed by atoms with Gasteiger partial charge in [-0.1, -0.05) is 0 Å². The Hall–Kier alpha value is -3.03. The van der Waals surface area contributed by atoms with Crippen LogP contribution < -0.4 is 11.1 Å². The summed E-state index contributed by atoms with van der Waals surface area (Å²) >= 11 is 0. The Morgan fingerprint density at radius 1 is 1.26 bits per heavy atom. The van der Waals surface area contributed by atoms with Crippen LogP contribution in [0.2, 0.25) is 0 Å². The minimum absolute atomic E-state index is 0.277. The van der Waals surface area contributed by atoms with Crippen molar-refractivity contribution in [1.29, 1.82) is 0 Å². The monoisotopic (exact) mass is 308 g/mol. The van der Waals surface area contributed by atoms with E-state index in [1.165, 1.54) is 4.68 Å². The Bertz CT molecular complexity index is 870. The SMILES string of the molecule is CNc1nc(N)n(-c2cc3c(nn2)-c2cccnc2CCC3)n1. The molecule has 0 unspecified atom stereocenters. The Labute approximate surface area is 132 Å². The van der Waals surface area contributed by atoms with E-state index in [1.54, 1.807) is 7.05 Å². The van der Waals surface area contributed by atoms with Gasteiger partial charge in [0.2, 0.25) is 11.9 Å². The van der Waals surface area contributed by atoms with E-state index in [-0.39, 0.29) is 5.95 Å². The smallest absolute Gasteiger partial charge is 0.244 e. The predicted octanol–water partition coefficient (Wildman–Crippen LogP) is 1.23. The molecule has 116 valence electrons. The molecular formula is C15H16N8. The second-order valence-corrected chi connectivity index (χ2v) is 5.38. The maximum absolute atomic E-state index is 5.90. The Kier molecular flexibility index (Phi) is 3.14. The van der Waals surface area contributed by atoms with Gasteiger partial charge >= 0.3 is 0 Å². The minimum atomic E-state index is 0.277. The molecule has 0 radical (unpaired) electrons.